The summed E-state index contributed by atoms with van der Waals surface area (Å²) < 4.78 is 15.0. The van der Waals surface area contributed by atoms with E-state index in [0.717, 1.165) is 17.2 Å². The number of nitrogens with zero attached hydrogens (tertiary/aromatic N) is 5. The van der Waals surface area contributed by atoms with Crippen LogP contribution in [0.15, 0.2) is 60.2 Å². The van der Waals surface area contributed by atoms with Gasteiger partial charge in [-0.05, 0) is 31.2 Å². The summed E-state index contributed by atoms with van der Waals surface area (Å²) in [5.41, 5.74) is 2.40. The minimum absolute atomic E-state index is 0.0266. The number of allylic oxidation sites excluding steroid dienone is 1. The van der Waals surface area contributed by atoms with E-state index in [4.69, 9.17) is 0 Å². The number of benzene rings is 1. The number of amides is 1. The molecule has 2 aromatic heterocycles. The number of nitrogens with one attached hydrogen (secondary N) is 2. The van der Waals surface area contributed by atoms with Crippen LogP contribution in [-0.2, 0) is 4.79 Å². The quantitative estimate of drug-likeness (QED) is 0.697. The van der Waals surface area contributed by atoms with Gasteiger partial charge in [-0.3, -0.25) is 4.79 Å². The minimum Gasteiger partial charge on any atom is -0.368 e. The predicted molar refractivity (Wildman–Crippen MR) is 110 cm³/mol. The molecule has 0 spiro atoms. The average Bonchev–Trinajstić information content (AvgIpc) is 3.45. The van der Waals surface area contributed by atoms with Crippen LogP contribution < -0.4 is 10.2 Å². The van der Waals surface area contributed by atoms with E-state index in [2.05, 4.69) is 25.3 Å². The molecule has 8 nitrogen and oxygen atoms in total. The zero-order valence-corrected chi connectivity index (χ0v) is 16.5. The fourth-order valence-corrected chi connectivity index (χ4v) is 4.15. The van der Waals surface area contributed by atoms with E-state index >= 15 is 0 Å². The zero-order chi connectivity index (χ0) is 20.7. The van der Waals surface area contributed by atoms with Crippen molar-refractivity contribution in [1.29, 1.82) is 0 Å². The number of carbonyl (C=O) groups excluding carboxylic acids is 1. The molecule has 30 heavy (non-hydrogen) atoms. The number of rotatable bonds is 3. The Kier molecular flexibility index (Phi) is 4.50. The summed E-state index contributed by atoms with van der Waals surface area (Å²) in [5.74, 6) is 1.23. The molecule has 154 valence electrons. The van der Waals surface area contributed by atoms with Crippen molar-refractivity contribution < 1.29 is 9.18 Å². The van der Waals surface area contributed by atoms with Gasteiger partial charge in [-0.15, -0.1) is 0 Å². The molecule has 4 heterocycles. The van der Waals surface area contributed by atoms with Gasteiger partial charge in [-0.1, -0.05) is 0 Å². The second-order valence-corrected chi connectivity index (χ2v) is 7.46. The third kappa shape index (κ3) is 3.12. The first-order valence-electron chi connectivity index (χ1n) is 9.92. The first-order valence-corrected chi connectivity index (χ1v) is 9.92. The first-order chi connectivity index (χ1) is 14.6. The fourth-order valence-electron chi connectivity index (χ4n) is 4.15. The van der Waals surface area contributed by atoms with E-state index in [1.807, 2.05) is 17.9 Å². The van der Waals surface area contributed by atoms with Gasteiger partial charge in [0.05, 0.1) is 11.8 Å². The SMILES string of the molecule is CC1=C(C(=O)N2CCN(c3ccc(F)cc3)CC2)C(c2ncc[nH]2)n2nccc2N1. The maximum Gasteiger partial charge on any atom is 0.254 e. The molecule has 2 aliphatic rings. The van der Waals surface area contributed by atoms with Crippen molar-refractivity contribution in [3.63, 3.8) is 0 Å². The number of anilines is 2. The predicted octanol–water partition coefficient (Wildman–Crippen LogP) is 2.38. The van der Waals surface area contributed by atoms with Crippen LogP contribution in [0.25, 0.3) is 0 Å². The van der Waals surface area contributed by atoms with E-state index in [1.165, 1.54) is 12.1 Å². The lowest BCUT2D eigenvalue weighted by molar-refractivity contribution is -0.128. The van der Waals surface area contributed by atoms with Crippen LogP contribution in [0.3, 0.4) is 0 Å². The Labute approximate surface area is 173 Å². The van der Waals surface area contributed by atoms with Gasteiger partial charge in [0.1, 0.15) is 23.5 Å². The van der Waals surface area contributed by atoms with Gasteiger partial charge in [0.25, 0.3) is 5.91 Å². The van der Waals surface area contributed by atoms with Gasteiger partial charge in [0.2, 0.25) is 0 Å². The smallest absolute Gasteiger partial charge is 0.254 e. The topological polar surface area (TPSA) is 82.1 Å². The van der Waals surface area contributed by atoms with Crippen molar-refractivity contribution in [3.8, 4) is 0 Å². The number of aromatic amines is 1. The maximum atomic E-state index is 13.6. The van der Waals surface area contributed by atoms with E-state index in [9.17, 15) is 9.18 Å². The summed E-state index contributed by atoms with van der Waals surface area (Å²) in [6.07, 6.45) is 5.14. The number of halogens is 1. The molecule has 5 rings (SSSR count). The molecule has 1 unspecified atom stereocenters. The normalized spacial score (nSPS) is 18.9. The molecule has 1 aromatic carbocycles. The minimum atomic E-state index is -0.408. The van der Waals surface area contributed by atoms with Crippen molar-refractivity contribution in [2.75, 3.05) is 36.4 Å². The van der Waals surface area contributed by atoms with Crippen LogP contribution in [0.1, 0.15) is 18.8 Å². The van der Waals surface area contributed by atoms with E-state index in [1.54, 1.807) is 35.4 Å². The number of aromatic nitrogens is 4. The largest absolute Gasteiger partial charge is 0.368 e. The molecule has 1 amide bonds. The van der Waals surface area contributed by atoms with E-state index in [-0.39, 0.29) is 11.7 Å². The highest BCUT2D eigenvalue weighted by atomic mass is 19.1. The molecule has 1 atom stereocenters. The Bertz CT molecular complexity index is 1080. The van der Waals surface area contributed by atoms with Crippen LogP contribution in [0, 0.1) is 5.82 Å². The number of imidazole rings is 1. The lowest BCUT2D eigenvalue weighted by Gasteiger charge is -2.38. The molecular formula is C21H22FN7O. The van der Waals surface area contributed by atoms with Crippen molar-refractivity contribution in [3.05, 3.63) is 71.8 Å². The third-order valence-electron chi connectivity index (χ3n) is 5.68. The lowest BCUT2D eigenvalue weighted by Crippen LogP contribution is -2.50. The zero-order valence-electron chi connectivity index (χ0n) is 16.5. The van der Waals surface area contributed by atoms with Crippen LogP contribution in [-0.4, -0.2) is 56.7 Å². The van der Waals surface area contributed by atoms with Gasteiger partial charge >= 0.3 is 0 Å². The molecule has 2 N–H and O–H groups in total. The molecule has 0 saturated carbocycles. The summed E-state index contributed by atoms with van der Waals surface area (Å²) in [7, 11) is 0. The van der Waals surface area contributed by atoms with Gasteiger partial charge < -0.3 is 20.1 Å². The second-order valence-electron chi connectivity index (χ2n) is 7.46. The molecule has 9 heteroatoms. The summed E-state index contributed by atoms with van der Waals surface area (Å²) in [5, 5.41) is 7.70. The summed E-state index contributed by atoms with van der Waals surface area (Å²) >= 11 is 0. The summed E-state index contributed by atoms with van der Waals surface area (Å²) in [6, 6.07) is 7.94. The Morgan fingerprint density at radius 3 is 2.57 bits per heavy atom. The molecule has 2 aliphatic heterocycles. The molecule has 1 saturated heterocycles. The van der Waals surface area contributed by atoms with E-state index in [0.29, 0.717) is 37.6 Å². The van der Waals surface area contributed by atoms with Crippen LogP contribution >= 0.6 is 0 Å². The number of hydrogen-bond acceptors (Lipinski definition) is 5. The standard InChI is InChI=1S/C21H22FN7O/c1-14-18(19(20-23-8-9-24-20)29-17(26-14)6-7-25-29)21(30)28-12-10-27(11-13-28)16-4-2-15(22)3-5-16/h2-9,19,26H,10-13H2,1H3,(H,23,24). The number of fused-ring (bicyclic) bond motifs is 1. The molecule has 0 radical (unpaired) electrons. The monoisotopic (exact) mass is 407 g/mol. The number of hydrogen-bond donors (Lipinski definition) is 2. The van der Waals surface area contributed by atoms with Gasteiger partial charge in [-0.25, -0.2) is 14.1 Å². The van der Waals surface area contributed by atoms with Gasteiger partial charge in [0, 0.05) is 56.0 Å². The van der Waals surface area contributed by atoms with Crippen molar-refractivity contribution in [1.82, 2.24) is 24.6 Å². The van der Waals surface area contributed by atoms with Crippen LogP contribution in [0.5, 0.6) is 0 Å². The van der Waals surface area contributed by atoms with Crippen LogP contribution in [0.2, 0.25) is 0 Å². The van der Waals surface area contributed by atoms with Gasteiger partial charge in [0.15, 0.2) is 0 Å². The Morgan fingerprint density at radius 2 is 1.87 bits per heavy atom. The Hall–Kier alpha value is -3.62. The summed E-state index contributed by atoms with van der Waals surface area (Å²) in [6.45, 7) is 4.47. The molecular weight excluding hydrogens is 385 g/mol. The van der Waals surface area contributed by atoms with Crippen molar-refractivity contribution in [2.24, 2.45) is 0 Å². The second kappa shape index (κ2) is 7.33. The molecule has 0 bridgehead atoms. The van der Waals surface area contributed by atoms with Crippen molar-refractivity contribution in [2.45, 2.75) is 13.0 Å². The summed E-state index contributed by atoms with van der Waals surface area (Å²) in [4.78, 5) is 25.1. The number of piperazine rings is 1. The lowest BCUT2D eigenvalue weighted by atomic mass is 10.00. The van der Waals surface area contributed by atoms with Gasteiger partial charge in [-0.2, -0.15) is 5.10 Å². The Balaban J connectivity index is 1.38. The van der Waals surface area contributed by atoms with Crippen molar-refractivity contribution >= 4 is 17.4 Å². The Morgan fingerprint density at radius 1 is 1.10 bits per heavy atom. The average molecular weight is 407 g/mol. The fraction of sp³-hybridized carbons (Fsp3) is 0.286. The molecule has 1 fully saturated rings. The van der Waals surface area contributed by atoms with Crippen LogP contribution in [0.4, 0.5) is 15.9 Å². The first kappa shape index (κ1) is 18.4. The number of carbonyl (C=O) groups is 1. The third-order valence-corrected chi connectivity index (χ3v) is 5.68. The molecule has 0 aliphatic carbocycles. The maximum absolute atomic E-state index is 13.6. The highest BCUT2D eigenvalue weighted by Gasteiger charge is 2.37. The highest BCUT2D eigenvalue weighted by Crippen LogP contribution is 2.35. The molecule has 3 aromatic rings. The number of H-pyrrole nitrogens is 1. The van der Waals surface area contributed by atoms with E-state index < -0.39 is 6.04 Å². The highest BCUT2D eigenvalue weighted by molar-refractivity contribution is 5.96.